The van der Waals surface area contributed by atoms with Crippen LogP contribution in [-0.4, -0.2) is 17.8 Å². The van der Waals surface area contributed by atoms with Gasteiger partial charge < -0.3 is 11.5 Å². The third kappa shape index (κ3) is 8.41. The molecule has 0 bridgehead atoms. The Morgan fingerprint density at radius 3 is 2.36 bits per heavy atom. The molecule has 0 aliphatic carbocycles. The number of carbonyl (C=O) groups is 1. The van der Waals surface area contributed by atoms with Crippen molar-refractivity contribution in [2.75, 3.05) is 6.54 Å². The topological polar surface area (TPSA) is 69.1 Å². The predicted octanol–water partition coefficient (Wildman–Crippen LogP) is 0.206. The van der Waals surface area contributed by atoms with Crippen molar-refractivity contribution in [2.45, 2.75) is 25.3 Å². The van der Waals surface area contributed by atoms with Crippen molar-refractivity contribution in [2.24, 2.45) is 11.5 Å². The summed E-state index contributed by atoms with van der Waals surface area (Å²) in [5.41, 5.74) is 10.6. The van der Waals surface area contributed by atoms with Crippen LogP contribution in [0.2, 0.25) is 0 Å². The number of nitrogens with two attached hydrogens (primary N) is 2. The third-order valence-electron chi connectivity index (χ3n) is 1.26. The molecule has 0 heterocycles. The molecular formula is C6H13ClN2OZn. The summed E-state index contributed by atoms with van der Waals surface area (Å²) in [5, 5.41) is -0.461. The molecule has 0 aromatic rings. The minimum absolute atomic E-state index is 0. The zero-order chi connectivity index (χ0) is 7.98. The molecule has 0 aromatic carbocycles. The van der Waals surface area contributed by atoms with E-state index < -0.39 is 11.3 Å². The maximum atomic E-state index is 10.3. The van der Waals surface area contributed by atoms with E-state index in [4.69, 9.17) is 23.1 Å². The van der Waals surface area contributed by atoms with Gasteiger partial charge in [-0.05, 0) is 31.0 Å². The molecule has 1 atom stereocenters. The molecule has 11 heavy (non-hydrogen) atoms. The van der Waals surface area contributed by atoms with Crippen LogP contribution in [0.3, 0.4) is 0 Å². The Kier molecular flexibility index (Phi) is 11.0. The third-order valence-corrected chi connectivity index (χ3v) is 1.54. The number of unbranched alkanes of at least 4 members (excludes halogenated alkanes) is 1. The molecule has 4 N–H and O–H groups in total. The van der Waals surface area contributed by atoms with Crippen LogP contribution >= 0.6 is 11.6 Å². The van der Waals surface area contributed by atoms with E-state index in [1.54, 1.807) is 0 Å². The van der Waals surface area contributed by atoms with E-state index in [-0.39, 0.29) is 19.5 Å². The second-order valence-electron chi connectivity index (χ2n) is 2.20. The summed E-state index contributed by atoms with van der Waals surface area (Å²) in [5.74, 6) is 0. The van der Waals surface area contributed by atoms with E-state index in [2.05, 4.69) is 0 Å². The van der Waals surface area contributed by atoms with Crippen molar-refractivity contribution in [3.05, 3.63) is 0 Å². The van der Waals surface area contributed by atoms with Crippen molar-refractivity contribution >= 4 is 16.8 Å². The van der Waals surface area contributed by atoms with Gasteiger partial charge in [0.25, 0.3) is 0 Å². The number of carbonyl (C=O) groups excluding carboxylic acids is 1. The first kappa shape index (κ1) is 14.1. The summed E-state index contributed by atoms with van der Waals surface area (Å²) in [4.78, 5) is 10.3. The van der Waals surface area contributed by atoms with Gasteiger partial charge in [-0.1, -0.05) is 6.42 Å². The molecule has 62 valence electrons. The smallest absolute Gasteiger partial charge is 0.238 e. The zero-order valence-corrected chi connectivity index (χ0v) is 10.3. The van der Waals surface area contributed by atoms with E-state index in [0.29, 0.717) is 13.0 Å². The summed E-state index contributed by atoms with van der Waals surface area (Å²) in [6, 6.07) is -0.506. The minimum atomic E-state index is -0.506. The molecule has 1 unspecified atom stereocenters. The molecule has 5 heteroatoms. The Bertz CT molecular complexity index is 113. The largest absolute Gasteiger partial charge is 0.330 e. The Labute approximate surface area is 84.6 Å². The number of rotatable bonds is 5. The van der Waals surface area contributed by atoms with Gasteiger partial charge in [0.2, 0.25) is 5.24 Å². The van der Waals surface area contributed by atoms with Crippen LogP contribution in [0.4, 0.5) is 0 Å². The van der Waals surface area contributed by atoms with Crippen LogP contribution in [0.1, 0.15) is 19.3 Å². The SMILES string of the molecule is NCCCCC(N)C(=O)Cl.[Zn]. The van der Waals surface area contributed by atoms with Crippen LogP contribution in [0.5, 0.6) is 0 Å². The first-order valence-electron chi connectivity index (χ1n) is 3.33. The van der Waals surface area contributed by atoms with E-state index in [0.717, 1.165) is 12.8 Å². The monoisotopic (exact) mass is 228 g/mol. The van der Waals surface area contributed by atoms with Gasteiger partial charge in [0.15, 0.2) is 0 Å². The maximum Gasteiger partial charge on any atom is 0.238 e. The zero-order valence-electron chi connectivity index (χ0n) is 6.55. The van der Waals surface area contributed by atoms with Gasteiger partial charge in [-0.25, -0.2) is 0 Å². The molecule has 0 amide bonds. The first-order chi connectivity index (χ1) is 4.68. The molecular weight excluding hydrogens is 217 g/mol. The van der Waals surface area contributed by atoms with Gasteiger partial charge in [0.1, 0.15) is 0 Å². The second-order valence-corrected chi connectivity index (χ2v) is 2.57. The molecule has 0 rings (SSSR count). The molecule has 0 aliphatic heterocycles. The van der Waals surface area contributed by atoms with Gasteiger partial charge in [-0.3, -0.25) is 4.79 Å². The Morgan fingerprint density at radius 1 is 1.45 bits per heavy atom. The fraction of sp³-hybridized carbons (Fsp3) is 0.833. The average molecular weight is 230 g/mol. The second kappa shape index (κ2) is 8.60. The van der Waals surface area contributed by atoms with Gasteiger partial charge in [-0.2, -0.15) is 0 Å². The van der Waals surface area contributed by atoms with Gasteiger partial charge in [-0.15, -0.1) is 0 Å². The van der Waals surface area contributed by atoms with Crippen molar-refractivity contribution in [3.8, 4) is 0 Å². The fourth-order valence-corrected chi connectivity index (χ4v) is 0.731. The number of halogens is 1. The predicted molar refractivity (Wildman–Crippen MR) is 41.7 cm³/mol. The van der Waals surface area contributed by atoms with Crippen LogP contribution < -0.4 is 11.5 Å². The van der Waals surface area contributed by atoms with Crippen molar-refractivity contribution in [1.82, 2.24) is 0 Å². The van der Waals surface area contributed by atoms with Crippen LogP contribution in [0, 0.1) is 0 Å². The fourth-order valence-electron chi connectivity index (χ4n) is 0.622. The molecule has 0 saturated carbocycles. The average Bonchev–Trinajstić information content (AvgIpc) is 1.88. The first-order valence-corrected chi connectivity index (χ1v) is 3.71. The molecule has 3 nitrogen and oxygen atoms in total. The van der Waals surface area contributed by atoms with E-state index in [9.17, 15) is 4.79 Å². The quantitative estimate of drug-likeness (QED) is 0.403. The van der Waals surface area contributed by atoms with Crippen molar-refractivity contribution < 1.29 is 24.3 Å². The molecule has 0 aromatic heterocycles. The van der Waals surface area contributed by atoms with Crippen LogP contribution in [-0.2, 0) is 24.3 Å². The summed E-state index contributed by atoms with van der Waals surface area (Å²) >= 11 is 5.11. The molecule has 0 fully saturated rings. The number of hydrogen-bond donors (Lipinski definition) is 2. The van der Waals surface area contributed by atoms with Crippen molar-refractivity contribution in [3.63, 3.8) is 0 Å². The van der Waals surface area contributed by atoms with E-state index >= 15 is 0 Å². The number of hydrogen-bond acceptors (Lipinski definition) is 3. The molecule has 0 radical (unpaired) electrons. The van der Waals surface area contributed by atoms with Crippen LogP contribution in [0.25, 0.3) is 0 Å². The van der Waals surface area contributed by atoms with Crippen LogP contribution in [0.15, 0.2) is 0 Å². The standard InChI is InChI=1S/C6H13ClN2O.Zn/c7-6(10)5(9)3-1-2-4-8;/h5H,1-4,8-9H2;. The summed E-state index contributed by atoms with van der Waals surface area (Å²) < 4.78 is 0. The molecule has 0 aliphatic rings. The minimum Gasteiger partial charge on any atom is -0.330 e. The Balaban J connectivity index is 0. The van der Waals surface area contributed by atoms with Gasteiger partial charge >= 0.3 is 0 Å². The summed E-state index contributed by atoms with van der Waals surface area (Å²) in [7, 11) is 0. The molecule has 0 saturated heterocycles. The van der Waals surface area contributed by atoms with E-state index in [1.807, 2.05) is 0 Å². The summed E-state index contributed by atoms with van der Waals surface area (Å²) in [6.07, 6.45) is 2.41. The van der Waals surface area contributed by atoms with Gasteiger partial charge in [0, 0.05) is 19.5 Å². The van der Waals surface area contributed by atoms with E-state index in [1.165, 1.54) is 0 Å². The van der Waals surface area contributed by atoms with Gasteiger partial charge in [0.05, 0.1) is 6.04 Å². The Hall–Kier alpha value is 0.503. The molecule has 0 spiro atoms. The van der Waals surface area contributed by atoms with Crippen molar-refractivity contribution in [1.29, 1.82) is 0 Å². The maximum absolute atomic E-state index is 10.3. The normalized spacial score (nSPS) is 11.9. The summed E-state index contributed by atoms with van der Waals surface area (Å²) in [6.45, 7) is 0.642. The Morgan fingerprint density at radius 2 is 2.00 bits per heavy atom.